The molecule has 1 saturated heterocycles. The fraction of sp³-hybridized carbons (Fsp3) is 0.412. The van der Waals surface area contributed by atoms with Gasteiger partial charge in [0.25, 0.3) is 0 Å². The number of ether oxygens (including phenoxy) is 1. The molecule has 22 heavy (non-hydrogen) atoms. The van der Waals surface area contributed by atoms with E-state index < -0.39 is 5.82 Å². The molecule has 0 atom stereocenters. The molecule has 0 amide bonds. The minimum absolute atomic E-state index is 0.111. The topological polar surface area (TPSA) is 38.2 Å². The Balaban J connectivity index is 1.47. The number of nitrogens with zero attached hydrogens (tertiary/aromatic N) is 3. The van der Waals surface area contributed by atoms with Crippen molar-refractivity contribution < 1.29 is 9.13 Å². The lowest BCUT2D eigenvalue weighted by molar-refractivity contribution is 0.0890. The highest BCUT2D eigenvalue weighted by Gasteiger charge is 2.21. The largest absolute Gasteiger partial charge is 0.460 e. The van der Waals surface area contributed by atoms with Crippen LogP contribution in [0.5, 0.6) is 6.01 Å². The number of rotatable bonds is 4. The summed E-state index contributed by atoms with van der Waals surface area (Å²) in [7, 11) is 0. The highest BCUT2D eigenvalue weighted by atomic mass is 19.1. The summed E-state index contributed by atoms with van der Waals surface area (Å²) in [6, 6.07) is 8.93. The molecule has 1 fully saturated rings. The predicted octanol–water partition coefficient (Wildman–Crippen LogP) is 2.97. The molecular formula is C17H20FN3O. The van der Waals surface area contributed by atoms with E-state index in [0.29, 0.717) is 0 Å². The van der Waals surface area contributed by atoms with Gasteiger partial charge in [-0.3, -0.25) is 4.90 Å². The van der Waals surface area contributed by atoms with Gasteiger partial charge in [-0.25, -0.2) is 14.4 Å². The van der Waals surface area contributed by atoms with E-state index in [4.69, 9.17) is 4.74 Å². The van der Waals surface area contributed by atoms with Gasteiger partial charge in [-0.15, -0.1) is 0 Å². The van der Waals surface area contributed by atoms with Crippen molar-refractivity contribution in [3.05, 3.63) is 53.6 Å². The van der Waals surface area contributed by atoms with E-state index in [1.54, 1.807) is 0 Å². The number of halogens is 1. The van der Waals surface area contributed by atoms with E-state index in [1.807, 2.05) is 0 Å². The number of piperidine rings is 1. The van der Waals surface area contributed by atoms with Gasteiger partial charge in [0.15, 0.2) is 5.82 Å². The van der Waals surface area contributed by atoms with E-state index in [9.17, 15) is 4.39 Å². The van der Waals surface area contributed by atoms with Gasteiger partial charge in [0.05, 0.1) is 12.4 Å². The van der Waals surface area contributed by atoms with Crippen LogP contribution in [-0.4, -0.2) is 34.1 Å². The van der Waals surface area contributed by atoms with Gasteiger partial charge in [0.1, 0.15) is 6.10 Å². The fourth-order valence-electron chi connectivity index (χ4n) is 2.65. The first-order valence-electron chi connectivity index (χ1n) is 7.61. The Hall–Kier alpha value is -2.01. The third kappa shape index (κ3) is 4.01. The number of aromatic nitrogens is 2. The average Bonchev–Trinajstić information content (AvgIpc) is 2.54. The van der Waals surface area contributed by atoms with Gasteiger partial charge in [0, 0.05) is 19.6 Å². The molecule has 0 aliphatic carbocycles. The van der Waals surface area contributed by atoms with Crippen LogP contribution in [0.2, 0.25) is 0 Å². The maximum Gasteiger partial charge on any atom is 0.316 e. The van der Waals surface area contributed by atoms with E-state index in [2.05, 4.69) is 46.1 Å². The fourth-order valence-corrected chi connectivity index (χ4v) is 2.65. The first kappa shape index (κ1) is 14.9. The zero-order chi connectivity index (χ0) is 15.4. The van der Waals surface area contributed by atoms with E-state index in [0.717, 1.165) is 44.9 Å². The summed E-state index contributed by atoms with van der Waals surface area (Å²) >= 11 is 0. The maximum absolute atomic E-state index is 12.8. The molecule has 0 saturated carbocycles. The maximum atomic E-state index is 12.8. The van der Waals surface area contributed by atoms with Crippen LogP contribution >= 0.6 is 0 Å². The molecule has 3 rings (SSSR count). The molecule has 1 aromatic heterocycles. The summed E-state index contributed by atoms with van der Waals surface area (Å²) < 4.78 is 18.5. The number of hydrogen-bond donors (Lipinski definition) is 0. The smallest absolute Gasteiger partial charge is 0.316 e. The molecule has 4 nitrogen and oxygen atoms in total. The summed E-state index contributed by atoms with van der Waals surface area (Å²) in [6.07, 6.45) is 4.25. The molecule has 1 aromatic carbocycles. The van der Waals surface area contributed by atoms with Crippen molar-refractivity contribution >= 4 is 0 Å². The first-order chi connectivity index (χ1) is 10.7. The molecule has 5 heteroatoms. The Labute approximate surface area is 130 Å². The lowest BCUT2D eigenvalue weighted by Crippen LogP contribution is -2.38. The van der Waals surface area contributed by atoms with E-state index >= 15 is 0 Å². The first-order valence-corrected chi connectivity index (χ1v) is 7.61. The minimum Gasteiger partial charge on any atom is -0.460 e. The quantitative estimate of drug-likeness (QED) is 0.870. The van der Waals surface area contributed by atoms with Crippen LogP contribution in [-0.2, 0) is 6.54 Å². The van der Waals surface area contributed by atoms with Crippen molar-refractivity contribution in [3.63, 3.8) is 0 Å². The summed E-state index contributed by atoms with van der Waals surface area (Å²) in [5, 5.41) is 0. The summed E-state index contributed by atoms with van der Waals surface area (Å²) in [5.41, 5.74) is 2.63. The lowest BCUT2D eigenvalue weighted by Gasteiger charge is -2.31. The van der Waals surface area contributed by atoms with Crippen LogP contribution in [0, 0.1) is 12.7 Å². The monoisotopic (exact) mass is 301 g/mol. The Morgan fingerprint density at radius 3 is 2.41 bits per heavy atom. The molecule has 2 aromatic rings. The molecule has 2 heterocycles. The second-order valence-electron chi connectivity index (χ2n) is 5.76. The number of benzene rings is 1. The molecular weight excluding hydrogens is 281 g/mol. The van der Waals surface area contributed by atoms with Gasteiger partial charge in [-0.2, -0.15) is 0 Å². The van der Waals surface area contributed by atoms with Crippen LogP contribution in [0.1, 0.15) is 24.0 Å². The molecule has 1 aliphatic heterocycles. The average molecular weight is 301 g/mol. The zero-order valence-corrected chi connectivity index (χ0v) is 12.7. The SMILES string of the molecule is Cc1ccc(CN2CCC(Oc3ncc(F)cn3)CC2)cc1. The van der Waals surface area contributed by atoms with Gasteiger partial charge in [-0.1, -0.05) is 29.8 Å². The predicted molar refractivity (Wildman–Crippen MR) is 82.1 cm³/mol. The Bertz CT molecular complexity index is 537. The molecule has 0 radical (unpaired) electrons. The summed E-state index contributed by atoms with van der Waals surface area (Å²) in [6.45, 7) is 5.05. The normalized spacial score (nSPS) is 16.6. The molecule has 1 aliphatic rings. The van der Waals surface area contributed by atoms with Crippen LogP contribution in [0.25, 0.3) is 0 Å². The van der Waals surface area contributed by atoms with Gasteiger partial charge in [0.2, 0.25) is 0 Å². The highest BCUT2D eigenvalue weighted by molar-refractivity contribution is 5.21. The molecule has 0 N–H and O–H groups in total. The van der Waals surface area contributed by atoms with Gasteiger partial charge in [-0.05, 0) is 25.3 Å². The van der Waals surface area contributed by atoms with Crippen LogP contribution in [0.4, 0.5) is 4.39 Å². The summed E-state index contributed by atoms with van der Waals surface area (Å²) in [5.74, 6) is -0.444. The molecule has 0 bridgehead atoms. The second kappa shape index (κ2) is 6.83. The Kier molecular flexibility index (Phi) is 4.63. The number of aryl methyl sites for hydroxylation is 1. The van der Waals surface area contributed by atoms with Gasteiger partial charge >= 0.3 is 6.01 Å². The minimum atomic E-state index is -0.444. The van der Waals surface area contributed by atoms with Crippen molar-refractivity contribution in [1.29, 1.82) is 0 Å². The van der Waals surface area contributed by atoms with Crippen molar-refractivity contribution in [3.8, 4) is 6.01 Å². The van der Waals surface area contributed by atoms with Crippen molar-refractivity contribution in [2.75, 3.05) is 13.1 Å². The van der Waals surface area contributed by atoms with Crippen molar-refractivity contribution in [1.82, 2.24) is 14.9 Å². The van der Waals surface area contributed by atoms with Crippen molar-refractivity contribution in [2.24, 2.45) is 0 Å². The van der Waals surface area contributed by atoms with E-state index in [-0.39, 0.29) is 12.1 Å². The molecule has 0 unspecified atom stereocenters. The van der Waals surface area contributed by atoms with Crippen LogP contribution < -0.4 is 4.74 Å². The molecule has 0 spiro atoms. The Morgan fingerprint density at radius 1 is 1.14 bits per heavy atom. The second-order valence-corrected chi connectivity index (χ2v) is 5.76. The third-order valence-electron chi connectivity index (χ3n) is 3.93. The lowest BCUT2D eigenvalue weighted by atomic mass is 10.1. The van der Waals surface area contributed by atoms with E-state index in [1.165, 1.54) is 11.1 Å². The highest BCUT2D eigenvalue weighted by Crippen LogP contribution is 2.17. The molecule has 116 valence electrons. The Morgan fingerprint density at radius 2 is 1.77 bits per heavy atom. The summed E-state index contributed by atoms with van der Waals surface area (Å²) in [4.78, 5) is 10.1. The standard InChI is InChI=1S/C17H20FN3O/c1-13-2-4-14(5-3-13)12-21-8-6-16(7-9-21)22-17-19-10-15(18)11-20-17/h2-5,10-11,16H,6-9,12H2,1H3. The number of hydrogen-bond acceptors (Lipinski definition) is 4. The number of likely N-dealkylation sites (tertiary alicyclic amines) is 1. The van der Waals surface area contributed by atoms with Crippen LogP contribution in [0.15, 0.2) is 36.7 Å². The third-order valence-corrected chi connectivity index (χ3v) is 3.93. The zero-order valence-electron chi connectivity index (χ0n) is 12.7. The van der Waals surface area contributed by atoms with Gasteiger partial charge < -0.3 is 4.74 Å². The van der Waals surface area contributed by atoms with Crippen LogP contribution in [0.3, 0.4) is 0 Å². The van der Waals surface area contributed by atoms with Crippen molar-refractivity contribution in [2.45, 2.75) is 32.4 Å².